The van der Waals surface area contributed by atoms with Gasteiger partial charge >= 0.3 is 0 Å². The highest BCUT2D eigenvalue weighted by molar-refractivity contribution is 5.99. The van der Waals surface area contributed by atoms with E-state index < -0.39 is 0 Å². The van der Waals surface area contributed by atoms with Crippen LogP contribution in [0.5, 0.6) is 0 Å². The standard InChI is InChI=1S/C21H31N3/c1-14-16(9-17-10-19(14)21(17,2)3)12-24-13-18(22)11-20(23)15-7-5-4-6-8-15/h4-8,11,14,16-17,19,22,24H,9-10,12-13,23H2,1-3H3/b20-11-,22-18?/t14-,16?,17+,19+/m0/s1. The molecular weight excluding hydrogens is 294 g/mol. The van der Waals surface area contributed by atoms with E-state index in [9.17, 15) is 0 Å². The highest BCUT2D eigenvalue weighted by atomic mass is 14.9. The molecule has 3 fully saturated rings. The molecule has 1 aromatic carbocycles. The molecule has 1 unspecified atom stereocenters. The summed E-state index contributed by atoms with van der Waals surface area (Å²) in [6.45, 7) is 8.92. The summed E-state index contributed by atoms with van der Waals surface area (Å²) in [7, 11) is 0. The highest BCUT2D eigenvalue weighted by Crippen LogP contribution is 2.62. The fraction of sp³-hybridized carbons (Fsp3) is 0.571. The maximum Gasteiger partial charge on any atom is 0.0472 e. The van der Waals surface area contributed by atoms with Gasteiger partial charge in [-0.1, -0.05) is 51.1 Å². The zero-order chi connectivity index (χ0) is 17.3. The van der Waals surface area contributed by atoms with Crippen LogP contribution in [0.3, 0.4) is 0 Å². The molecule has 3 nitrogen and oxygen atoms in total. The second-order valence-electron chi connectivity index (χ2n) is 8.34. The van der Waals surface area contributed by atoms with E-state index in [0.717, 1.165) is 35.8 Å². The number of hydrogen-bond acceptors (Lipinski definition) is 3. The molecule has 2 bridgehead atoms. The first-order valence-electron chi connectivity index (χ1n) is 9.20. The van der Waals surface area contributed by atoms with Crippen LogP contribution in [0.2, 0.25) is 0 Å². The van der Waals surface area contributed by atoms with Crippen LogP contribution < -0.4 is 11.1 Å². The molecule has 4 N–H and O–H groups in total. The van der Waals surface area contributed by atoms with Gasteiger partial charge in [-0.15, -0.1) is 0 Å². The third kappa shape index (κ3) is 3.27. The third-order valence-corrected chi connectivity index (χ3v) is 6.67. The zero-order valence-electron chi connectivity index (χ0n) is 15.2. The second-order valence-corrected chi connectivity index (χ2v) is 8.34. The van der Waals surface area contributed by atoms with Crippen molar-refractivity contribution in [2.75, 3.05) is 13.1 Å². The van der Waals surface area contributed by atoms with Crippen molar-refractivity contribution in [2.24, 2.45) is 34.8 Å². The summed E-state index contributed by atoms with van der Waals surface area (Å²) in [5, 5.41) is 11.6. The molecule has 0 aliphatic heterocycles. The smallest absolute Gasteiger partial charge is 0.0472 e. The van der Waals surface area contributed by atoms with Gasteiger partial charge in [-0.3, -0.25) is 0 Å². The number of fused-ring (bicyclic) bond motifs is 2. The van der Waals surface area contributed by atoms with E-state index in [0.29, 0.717) is 23.4 Å². The molecule has 24 heavy (non-hydrogen) atoms. The summed E-state index contributed by atoms with van der Waals surface area (Å²) in [5.41, 5.74) is 8.82. The molecule has 0 amide bonds. The van der Waals surface area contributed by atoms with E-state index in [1.807, 2.05) is 30.3 Å². The van der Waals surface area contributed by atoms with E-state index in [-0.39, 0.29) is 0 Å². The lowest BCUT2D eigenvalue weighted by Gasteiger charge is -2.62. The highest BCUT2D eigenvalue weighted by Gasteiger charge is 2.55. The monoisotopic (exact) mass is 325 g/mol. The van der Waals surface area contributed by atoms with Gasteiger partial charge in [0.15, 0.2) is 0 Å². The van der Waals surface area contributed by atoms with Crippen molar-refractivity contribution < 1.29 is 0 Å². The predicted octanol–water partition coefficient (Wildman–Crippen LogP) is 3.91. The Hall–Kier alpha value is -1.61. The van der Waals surface area contributed by atoms with E-state index in [1.165, 1.54) is 12.8 Å². The number of hydrogen-bond donors (Lipinski definition) is 3. The Labute approximate surface area is 146 Å². The van der Waals surface area contributed by atoms with Crippen LogP contribution >= 0.6 is 0 Å². The Morgan fingerprint density at radius 2 is 2.00 bits per heavy atom. The number of rotatable bonds is 6. The minimum Gasteiger partial charge on any atom is -0.398 e. The molecule has 4 atom stereocenters. The molecule has 130 valence electrons. The normalized spacial score (nSPS) is 31.4. The molecule has 0 saturated heterocycles. The number of benzene rings is 1. The average Bonchev–Trinajstić information content (AvgIpc) is 2.56. The largest absolute Gasteiger partial charge is 0.398 e. The quantitative estimate of drug-likeness (QED) is 0.694. The first-order chi connectivity index (χ1) is 11.4. The third-order valence-electron chi connectivity index (χ3n) is 6.67. The summed E-state index contributed by atoms with van der Waals surface area (Å²) in [6, 6.07) is 9.86. The lowest BCUT2D eigenvalue weighted by molar-refractivity contribution is -0.127. The van der Waals surface area contributed by atoms with Crippen LogP contribution in [0.4, 0.5) is 0 Å². The molecule has 4 rings (SSSR count). The van der Waals surface area contributed by atoms with Gasteiger partial charge in [-0.2, -0.15) is 0 Å². The van der Waals surface area contributed by atoms with Crippen LogP contribution in [-0.2, 0) is 0 Å². The minimum absolute atomic E-state index is 0.547. The molecule has 1 aromatic rings. The average molecular weight is 326 g/mol. The van der Waals surface area contributed by atoms with Crippen LogP contribution in [0.25, 0.3) is 5.70 Å². The summed E-state index contributed by atoms with van der Waals surface area (Å²) in [5.74, 6) is 3.33. The lowest BCUT2D eigenvalue weighted by atomic mass is 9.43. The first-order valence-corrected chi connectivity index (χ1v) is 9.20. The number of nitrogens with two attached hydrogens (primary N) is 1. The van der Waals surface area contributed by atoms with Gasteiger partial charge in [0.05, 0.1) is 0 Å². The summed E-state index contributed by atoms with van der Waals surface area (Å²) >= 11 is 0. The molecule has 0 heterocycles. The van der Waals surface area contributed by atoms with Gasteiger partial charge in [0, 0.05) is 18.0 Å². The van der Waals surface area contributed by atoms with Gasteiger partial charge in [-0.05, 0) is 60.1 Å². The first kappa shape index (κ1) is 17.2. The van der Waals surface area contributed by atoms with E-state index in [2.05, 4.69) is 26.1 Å². The summed E-state index contributed by atoms with van der Waals surface area (Å²) in [4.78, 5) is 0. The van der Waals surface area contributed by atoms with Crippen molar-refractivity contribution in [3.8, 4) is 0 Å². The maximum atomic E-state index is 8.13. The van der Waals surface area contributed by atoms with Gasteiger partial charge in [-0.25, -0.2) is 0 Å². The Bertz CT molecular complexity index is 617. The van der Waals surface area contributed by atoms with Gasteiger partial charge in [0.25, 0.3) is 0 Å². The second kappa shape index (κ2) is 6.72. The molecule has 3 aliphatic carbocycles. The van der Waals surface area contributed by atoms with E-state index in [4.69, 9.17) is 11.1 Å². The summed E-state index contributed by atoms with van der Waals surface area (Å²) < 4.78 is 0. The molecule has 0 spiro atoms. The molecule has 0 aromatic heterocycles. The van der Waals surface area contributed by atoms with E-state index in [1.54, 1.807) is 6.08 Å². The van der Waals surface area contributed by atoms with Crippen molar-refractivity contribution in [3.63, 3.8) is 0 Å². The van der Waals surface area contributed by atoms with E-state index >= 15 is 0 Å². The predicted molar refractivity (Wildman–Crippen MR) is 102 cm³/mol. The van der Waals surface area contributed by atoms with Crippen LogP contribution in [0.1, 0.15) is 39.2 Å². The Morgan fingerprint density at radius 1 is 1.29 bits per heavy atom. The SMILES string of the molecule is C[C@H]1C(CNCC(=N)/C=C(\N)c2ccccc2)C[C@@H]2C[C@H]1C2(C)C. The summed E-state index contributed by atoms with van der Waals surface area (Å²) in [6.07, 6.45) is 4.54. The Balaban J connectivity index is 1.46. The Kier molecular flexibility index (Phi) is 4.82. The van der Waals surface area contributed by atoms with Crippen molar-refractivity contribution >= 4 is 11.4 Å². The van der Waals surface area contributed by atoms with Gasteiger partial charge in [0.2, 0.25) is 0 Å². The van der Waals surface area contributed by atoms with Crippen molar-refractivity contribution in [1.29, 1.82) is 5.41 Å². The lowest BCUT2D eigenvalue weighted by Crippen LogP contribution is -2.56. The fourth-order valence-electron chi connectivity index (χ4n) is 4.87. The molecule has 0 radical (unpaired) electrons. The maximum absolute atomic E-state index is 8.13. The van der Waals surface area contributed by atoms with Gasteiger partial charge < -0.3 is 16.5 Å². The number of nitrogens with one attached hydrogen (secondary N) is 2. The molecule has 3 aliphatic rings. The zero-order valence-corrected chi connectivity index (χ0v) is 15.2. The fourth-order valence-corrected chi connectivity index (χ4v) is 4.87. The molecule has 3 heteroatoms. The minimum atomic E-state index is 0.547. The van der Waals surface area contributed by atoms with Crippen LogP contribution in [0.15, 0.2) is 36.4 Å². The van der Waals surface area contributed by atoms with Crippen molar-refractivity contribution in [3.05, 3.63) is 42.0 Å². The van der Waals surface area contributed by atoms with Crippen molar-refractivity contribution in [2.45, 2.75) is 33.6 Å². The van der Waals surface area contributed by atoms with Crippen LogP contribution in [-0.4, -0.2) is 18.8 Å². The topological polar surface area (TPSA) is 61.9 Å². The van der Waals surface area contributed by atoms with Crippen LogP contribution in [0, 0.1) is 34.5 Å². The molecule has 3 saturated carbocycles. The van der Waals surface area contributed by atoms with Gasteiger partial charge in [0.1, 0.15) is 0 Å². The Morgan fingerprint density at radius 3 is 2.62 bits per heavy atom. The molecular formula is C21H31N3. The van der Waals surface area contributed by atoms with Crippen molar-refractivity contribution in [1.82, 2.24) is 5.32 Å².